The summed E-state index contributed by atoms with van der Waals surface area (Å²) in [5, 5.41) is 9.74. The molecule has 2 rings (SSSR count). The van der Waals surface area contributed by atoms with Crippen molar-refractivity contribution in [2.45, 2.75) is 6.42 Å². The molecule has 2 aromatic rings. The monoisotopic (exact) mass is 232 g/mol. The SMILES string of the molecule is C=CCc1c(-c2ccccc2)[nH]c(=S)n1O. The van der Waals surface area contributed by atoms with Crippen LogP contribution in [0.15, 0.2) is 43.0 Å². The lowest BCUT2D eigenvalue weighted by Crippen LogP contribution is -1.97. The summed E-state index contributed by atoms with van der Waals surface area (Å²) in [5.41, 5.74) is 2.57. The number of rotatable bonds is 3. The molecule has 0 aliphatic rings. The molecule has 1 aromatic carbocycles. The highest BCUT2D eigenvalue weighted by molar-refractivity contribution is 7.71. The second-order valence-electron chi connectivity index (χ2n) is 3.42. The molecular formula is C12H12N2OS. The number of allylic oxidation sites excluding steroid dienone is 1. The van der Waals surface area contributed by atoms with Crippen molar-refractivity contribution in [1.82, 2.24) is 9.71 Å². The van der Waals surface area contributed by atoms with Gasteiger partial charge in [0.25, 0.3) is 0 Å². The summed E-state index contributed by atoms with van der Waals surface area (Å²) in [7, 11) is 0. The molecule has 0 spiro atoms. The lowest BCUT2D eigenvalue weighted by molar-refractivity contribution is 0.174. The highest BCUT2D eigenvalue weighted by Crippen LogP contribution is 2.22. The highest BCUT2D eigenvalue weighted by atomic mass is 32.1. The third kappa shape index (κ3) is 1.79. The molecule has 0 aliphatic carbocycles. The summed E-state index contributed by atoms with van der Waals surface area (Å²) < 4.78 is 1.30. The van der Waals surface area contributed by atoms with Gasteiger partial charge >= 0.3 is 0 Å². The zero-order chi connectivity index (χ0) is 11.5. The molecule has 0 radical (unpaired) electrons. The lowest BCUT2D eigenvalue weighted by Gasteiger charge is -2.02. The van der Waals surface area contributed by atoms with Crippen LogP contribution in [0.1, 0.15) is 5.69 Å². The Bertz CT molecular complexity index is 554. The average Bonchev–Trinajstić information content (AvgIpc) is 2.59. The van der Waals surface area contributed by atoms with Crippen molar-refractivity contribution in [3.63, 3.8) is 0 Å². The highest BCUT2D eigenvalue weighted by Gasteiger charge is 2.11. The van der Waals surface area contributed by atoms with Gasteiger partial charge in [0.1, 0.15) is 0 Å². The summed E-state index contributed by atoms with van der Waals surface area (Å²) in [6.07, 6.45) is 2.30. The summed E-state index contributed by atoms with van der Waals surface area (Å²) in [6.45, 7) is 3.67. The fourth-order valence-corrected chi connectivity index (χ4v) is 1.84. The minimum absolute atomic E-state index is 0.302. The van der Waals surface area contributed by atoms with E-state index in [1.807, 2.05) is 30.3 Å². The van der Waals surface area contributed by atoms with E-state index in [2.05, 4.69) is 11.6 Å². The normalized spacial score (nSPS) is 10.2. The van der Waals surface area contributed by atoms with Gasteiger partial charge in [-0.3, -0.25) is 0 Å². The number of nitrogens with one attached hydrogen (secondary N) is 1. The number of aromatic amines is 1. The van der Waals surface area contributed by atoms with Crippen LogP contribution in [0.2, 0.25) is 0 Å². The van der Waals surface area contributed by atoms with Gasteiger partial charge in [-0.1, -0.05) is 36.4 Å². The zero-order valence-corrected chi connectivity index (χ0v) is 9.50. The van der Waals surface area contributed by atoms with Crippen LogP contribution in [-0.4, -0.2) is 14.9 Å². The first-order valence-electron chi connectivity index (χ1n) is 4.93. The van der Waals surface area contributed by atoms with Gasteiger partial charge < -0.3 is 10.2 Å². The van der Waals surface area contributed by atoms with Crippen LogP contribution in [-0.2, 0) is 6.42 Å². The van der Waals surface area contributed by atoms with E-state index >= 15 is 0 Å². The molecule has 0 saturated heterocycles. The average molecular weight is 232 g/mol. The number of aromatic nitrogens is 2. The van der Waals surface area contributed by atoms with Crippen LogP contribution in [0.25, 0.3) is 11.3 Å². The van der Waals surface area contributed by atoms with Crippen molar-refractivity contribution in [2.75, 3.05) is 0 Å². The summed E-state index contributed by atoms with van der Waals surface area (Å²) >= 11 is 5.00. The first kappa shape index (κ1) is 10.7. The number of benzene rings is 1. The van der Waals surface area contributed by atoms with Gasteiger partial charge in [0.05, 0.1) is 11.4 Å². The lowest BCUT2D eigenvalue weighted by atomic mass is 10.1. The van der Waals surface area contributed by atoms with E-state index < -0.39 is 0 Å². The first-order chi connectivity index (χ1) is 7.74. The van der Waals surface area contributed by atoms with Crippen LogP contribution < -0.4 is 0 Å². The van der Waals surface area contributed by atoms with Gasteiger partial charge in [-0.25, -0.2) is 0 Å². The van der Waals surface area contributed by atoms with Crippen LogP contribution in [0.5, 0.6) is 0 Å². The Labute approximate surface area is 98.6 Å². The predicted octanol–water partition coefficient (Wildman–Crippen LogP) is 3.18. The minimum atomic E-state index is 0.302. The van der Waals surface area contributed by atoms with E-state index in [-0.39, 0.29) is 0 Å². The maximum Gasteiger partial charge on any atom is 0.212 e. The topological polar surface area (TPSA) is 41.0 Å². The second kappa shape index (κ2) is 4.37. The smallest absolute Gasteiger partial charge is 0.212 e. The standard InChI is InChI=1S/C12H12N2OS/c1-2-6-10-11(13-12(16)14(10)15)9-7-4-3-5-8-9/h2-5,7-8,15H,1,6H2,(H,13,16). The molecule has 82 valence electrons. The molecule has 3 nitrogen and oxygen atoms in total. The Balaban J connectivity index is 2.61. The fraction of sp³-hybridized carbons (Fsp3) is 0.0833. The Morgan fingerprint density at radius 3 is 2.69 bits per heavy atom. The molecule has 0 fully saturated rings. The van der Waals surface area contributed by atoms with Crippen molar-refractivity contribution in [1.29, 1.82) is 0 Å². The van der Waals surface area contributed by atoms with Crippen molar-refractivity contribution >= 4 is 12.2 Å². The van der Waals surface area contributed by atoms with Crippen molar-refractivity contribution in [3.8, 4) is 11.3 Å². The third-order valence-electron chi connectivity index (χ3n) is 2.37. The molecule has 1 aromatic heterocycles. The Hall–Kier alpha value is -1.81. The van der Waals surface area contributed by atoms with E-state index in [1.165, 1.54) is 0 Å². The van der Waals surface area contributed by atoms with Crippen molar-refractivity contribution in [2.24, 2.45) is 0 Å². The number of hydrogen-bond donors (Lipinski definition) is 2. The summed E-state index contributed by atoms with van der Waals surface area (Å²) in [4.78, 5) is 2.99. The van der Waals surface area contributed by atoms with E-state index in [0.29, 0.717) is 11.2 Å². The molecule has 0 saturated carbocycles. The maximum atomic E-state index is 9.74. The number of H-pyrrole nitrogens is 1. The molecular weight excluding hydrogens is 220 g/mol. The molecule has 0 atom stereocenters. The molecule has 0 aliphatic heterocycles. The first-order valence-corrected chi connectivity index (χ1v) is 5.34. The number of hydrogen-bond acceptors (Lipinski definition) is 2. The number of nitrogens with zero attached hydrogens (tertiary/aromatic N) is 1. The second-order valence-corrected chi connectivity index (χ2v) is 3.81. The van der Waals surface area contributed by atoms with Crippen LogP contribution in [0.3, 0.4) is 0 Å². The van der Waals surface area contributed by atoms with Crippen molar-refractivity contribution in [3.05, 3.63) is 53.5 Å². The van der Waals surface area contributed by atoms with Gasteiger partial charge in [-0.15, -0.1) is 6.58 Å². The van der Waals surface area contributed by atoms with E-state index in [0.717, 1.165) is 21.7 Å². The Morgan fingerprint density at radius 2 is 2.06 bits per heavy atom. The molecule has 2 N–H and O–H groups in total. The minimum Gasteiger partial charge on any atom is -0.426 e. The molecule has 16 heavy (non-hydrogen) atoms. The Morgan fingerprint density at radius 1 is 1.38 bits per heavy atom. The molecule has 4 heteroatoms. The molecule has 0 amide bonds. The predicted molar refractivity (Wildman–Crippen MR) is 66.1 cm³/mol. The van der Waals surface area contributed by atoms with Crippen LogP contribution in [0, 0.1) is 4.77 Å². The van der Waals surface area contributed by atoms with E-state index in [4.69, 9.17) is 12.2 Å². The largest absolute Gasteiger partial charge is 0.426 e. The quantitative estimate of drug-likeness (QED) is 0.485. The van der Waals surface area contributed by atoms with Gasteiger partial charge in [0.15, 0.2) is 0 Å². The van der Waals surface area contributed by atoms with Gasteiger partial charge in [0, 0.05) is 6.42 Å². The van der Waals surface area contributed by atoms with E-state index in [9.17, 15) is 5.21 Å². The van der Waals surface area contributed by atoms with Crippen LogP contribution in [0.4, 0.5) is 0 Å². The number of imidazole rings is 1. The van der Waals surface area contributed by atoms with Crippen molar-refractivity contribution < 1.29 is 5.21 Å². The molecule has 0 bridgehead atoms. The van der Waals surface area contributed by atoms with Crippen LogP contribution >= 0.6 is 12.2 Å². The van der Waals surface area contributed by atoms with E-state index in [1.54, 1.807) is 6.08 Å². The van der Waals surface area contributed by atoms with Gasteiger partial charge in [-0.2, -0.15) is 4.73 Å². The Kier molecular flexibility index (Phi) is 2.92. The fourth-order valence-electron chi connectivity index (χ4n) is 1.63. The van der Waals surface area contributed by atoms with Gasteiger partial charge in [0.2, 0.25) is 4.77 Å². The summed E-state index contributed by atoms with van der Waals surface area (Å²) in [6, 6.07) is 9.76. The summed E-state index contributed by atoms with van der Waals surface area (Å²) in [5.74, 6) is 0. The van der Waals surface area contributed by atoms with Gasteiger partial charge in [-0.05, 0) is 17.8 Å². The third-order valence-corrected chi connectivity index (χ3v) is 2.64. The molecule has 1 heterocycles. The zero-order valence-electron chi connectivity index (χ0n) is 8.68. The maximum absolute atomic E-state index is 9.74. The molecule has 0 unspecified atom stereocenters.